The second kappa shape index (κ2) is 6.95. The molecule has 112 valence electrons. The summed E-state index contributed by atoms with van der Waals surface area (Å²) in [6.45, 7) is 4.58. The SMILES string of the molecule is CNC(C)c1ccc(N(C)C2CCCCC2C)cc1Br. The second-order valence-corrected chi connectivity index (χ2v) is 7.01. The third kappa shape index (κ3) is 3.37. The van der Waals surface area contributed by atoms with Crippen LogP contribution in [0.5, 0.6) is 0 Å². The number of rotatable bonds is 4. The van der Waals surface area contributed by atoms with Crippen molar-refractivity contribution in [2.75, 3.05) is 19.0 Å². The van der Waals surface area contributed by atoms with Crippen molar-refractivity contribution in [1.29, 1.82) is 0 Å². The Morgan fingerprint density at radius 1 is 1.30 bits per heavy atom. The van der Waals surface area contributed by atoms with Gasteiger partial charge >= 0.3 is 0 Å². The Kier molecular flexibility index (Phi) is 5.50. The summed E-state index contributed by atoms with van der Waals surface area (Å²) in [4.78, 5) is 2.47. The molecular weight excluding hydrogens is 312 g/mol. The summed E-state index contributed by atoms with van der Waals surface area (Å²) in [6, 6.07) is 7.82. The van der Waals surface area contributed by atoms with E-state index in [2.05, 4.69) is 65.2 Å². The number of nitrogens with zero attached hydrogens (tertiary/aromatic N) is 1. The van der Waals surface area contributed by atoms with E-state index in [0.29, 0.717) is 12.1 Å². The molecule has 0 radical (unpaired) electrons. The zero-order chi connectivity index (χ0) is 14.7. The zero-order valence-electron chi connectivity index (χ0n) is 13.1. The van der Waals surface area contributed by atoms with Crippen LogP contribution in [0.25, 0.3) is 0 Å². The molecule has 0 amide bonds. The largest absolute Gasteiger partial charge is 0.371 e. The highest BCUT2D eigenvalue weighted by Crippen LogP contribution is 2.33. The number of halogens is 1. The molecular formula is C17H27BrN2. The minimum atomic E-state index is 0.373. The van der Waals surface area contributed by atoms with Gasteiger partial charge in [0.25, 0.3) is 0 Å². The first kappa shape index (κ1) is 15.8. The Morgan fingerprint density at radius 3 is 2.60 bits per heavy atom. The van der Waals surface area contributed by atoms with Crippen LogP contribution >= 0.6 is 15.9 Å². The lowest BCUT2D eigenvalue weighted by Crippen LogP contribution is -2.39. The van der Waals surface area contributed by atoms with E-state index in [4.69, 9.17) is 0 Å². The van der Waals surface area contributed by atoms with Crippen LogP contribution in [-0.2, 0) is 0 Å². The minimum Gasteiger partial charge on any atom is -0.371 e. The summed E-state index contributed by atoms with van der Waals surface area (Å²) in [7, 11) is 4.25. The topological polar surface area (TPSA) is 15.3 Å². The van der Waals surface area contributed by atoms with E-state index in [-0.39, 0.29) is 0 Å². The van der Waals surface area contributed by atoms with E-state index in [1.165, 1.54) is 41.4 Å². The number of benzene rings is 1. The van der Waals surface area contributed by atoms with Crippen LogP contribution in [0.1, 0.15) is 51.1 Å². The van der Waals surface area contributed by atoms with Crippen molar-refractivity contribution < 1.29 is 0 Å². The highest BCUT2D eigenvalue weighted by molar-refractivity contribution is 9.10. The predicted octanol–water partition coefficient (Wildman–Crippen LogP) is 4.74. The number of anilines is 1. The molecule has 2 nitrogen and oxygen atoms in total. The monoisotopic (exact) mass is 338 g/mol. The first-order valence-corrected chi connectivity index (χ1v) is 8.53. The summed E-state index contributed by atoms with van der Waals surface area (Å²) in [5.74, 6) is 0.795. The van der Waals surface area contributed by atoms with Gasteiger partial charge in [0, 0.05) is 29.3 Å². The maximum absolute atomic E-state index is 3.73. The molecule has 3 heteroatoms. The summed E-state index contributed by atoms with van der Waals surface area (Å²) in [5, 5.41) is 3.30. The zero-order valence-corrected chi connectivity index (χ0v) is 14.7. The van der Waals surface area contributed by atoms with Crippen molar-refractivity contribution in [2.24, 2.45) is 5.92 Å². The highest BCUT2D eigenvalue weighted by Gasteiger charge is 2.25. The Balaban J connectivity index is 2.18. The van der Waals surface area contributed by atoms with Gasteiger partial charge in [-0.25, -0.2) is 0 Å². The maximum Gasteiger partial charge on any atom is 0.0377 e. The molecule has 1 aromatic carbocycles. The molecule has 20 heavy (non-hydrogen) atoms. The lowest BCUT2D eigenvalue weighted by molar-refractivity contribution is 0.321. The van der Waals surface area contributed by atoms with Crippen LogP contribution in [0.15, 0.2) is 22.7 Å². The first-order chi connectivity index (χ1) is 9.54. The van der Waals surface area contributed by atoms with E-state index in [1.54, 1.807) is 0 Å². The molecule has 1 aliphatic carbocycles. The molecule has 0 aromatic heterocycles. The Morgan fingerprint density at radius 2 is 2.00 bits per heavy atom. The summed E-state index contributed by atoms with van der Waals surface area (Å²) >= 11 is 3.73. The molecule has 3 unspecified atom stereocenters. The van der Waals surface area contributed by atoms with Crippen LogP contribution in [0.3, 0.4) is 0 Å². The molecule has 0 saturated heterocycles. The van der Waals surface area contributed by atoms with Gasteiger partial charge in [-0.05, 0) is 50.4 Å². The fourth-order valence-corrected chi connectivity index (χ4v) is 4.02. The normalized spacial score (nSPS) is 24.4. The molecule has 0 heterocycles. The van der Waals surface area contributed by atoms with E-state index in [1.807, 2.05) is 7.05 Å². The van der Waals surface area contributed by atoms with Crippen molar-refractivity contribution >= 4 is 21.6 Å². The molecule has 0 aliphatic heterocycles. The molecule has 1 fully saturated rings. The van der Waals surface area contributed by atoms with Gasteiger partial charge in [-0.1, -0.05) is 41.8 Å². The molecule has 1 aromatic rings. The standard InChI is InChI=1S/C17H27BrN2/c1-12-7-5-6-8-17(12)20(4)14-9-10-15(13(2)19-3)16(18)11-14/h9-13,17,19H,5-8H2,1-4H3. The van der Waals surface area contributed by atoms with E-state index in [0.717, 1.165) is 5.92 Å². The number of nitrogens with one attached hydrogen (secondary N) is 1. The molecule has 3 atom stereocenters. The average Bonchev–Trinajstić information content (AvgIpc) is 2.46. The predicted molar refractivity (Wildman–Crippen MR) is 91.4 cm³/mol. The van der Waals surface area contributed by atoms with Gasteiger partial charge in [-0.15, -0.1) is 0 Å². The van der Waals surface area contributed by atoms with Crippen LogP contribution in [-0.4, -0.2) is 20.1 Å². The molecule has 0 spiro atoms. The summed E-state index contributed by atoms with van der Waals surface area (Å²) in [5.41, 5.74) is 2.64. The highest BCUT2D eigenvalue weighted by atomic mass is 79.9. The number of hydrogen-bond donors (Lipinski definition) is 1. The van der Waals surface area contributed by atoms with Crippen molar-refractivity contribution in [3.8, 4) is 0 Å². The van der Waals surface area contributed by atoms with E-state index >= 15 is 0 Å². The summed E-state index contributed by atoms with van der Waals surface area (Å²) in [6.07, 6.45) is 5.46. The van der Waals surface area contributed by atoms with Crippen molar-refractivity contribution in [1.82, 2.24) is 5.32 Å². The Bertz CT molecular complexity index is 447. The van der Waals surface area contributed by atoms with Crippen molar-refractivity contribution in [2.45, 2.75) is 51.6 Å². The van der Waals surface area contributed by atoms with Gasteiger partial charge in [-0.2, -0.15) is 0 Å². The summed E-state index contributed by atoms with van der Waals surface area (Å²) < 4.78 is 1.20. The Hall–Kier alpha value is -0.540. The van der Waals surface area contributed by atoms with Crippen LogP contribution < -0.4 is 10.2 Å². The fraction of sp³-hybridized carbons (Fsp3) is 0.647. The molecule has 1 N–H and O–H groups in total. The number of hydrogen-bond acceptors (Lipinski definition) is 2. The molecule has 0 bridgehead atoms. The maximum atomic E-state index is 3.73. The van der Waals surface area contributed by atoms with E-state index in [9.17, 15) is 0 Å². The van der Waals surface area contributed by atoms with Crippen LogP contribution in [0.4, 0.5) is 5.69 Å². The Labute approximate surface area is 132 Å². The van der Waals surface area contributed by atoms with Gasteiger partial charge in [0.1, 0.15) is 0 Å². The minimum absolute atomic E-state index is 0.373. The lowest BCUT2D eigenvalue weighted by Gasteiger charge is -2.38. The van der Waals surface area contributed by atoms with Gasteiger partial charge < -0.3 is 10.2 Å². The average molecular weight is 339 g/mol. The molecule has 1 aliphatic rings. The smallest absolute Gasteiger partial charge is 0.0377 e. The van der Waals surface area contributed by atoms with Crippen molar-refractivity contribution in [3.05, 3.63) is 28.2 Å². The van der Waals surface area contributed by atoms with Gasteiger partial charge in [0.15, 0.2) is 0 Å². The van der Waals surface area contributed by atoms with Gasteiger partial charge in [0.2, 0.25) is 0 Å². The quantitative estimate of drug-likeness (QED) is 0.852. The second-order valence-electron chi connectivity index (χ2n) is 6.16. The third-order valence-corrected chi connectivity index (χ3v) is 5.54. The van der Waals surface area contributed by atoms with Gasteiger partial charge in [0.05, 0.1) is 0 Å². The lowest BCUT2D eigenvalue weighted by atomic mass is 9.85. The molecule has 1 saturated carbocycles. The van der Waals surface area contributed by atoms with E-state index < -0.39 is 0 Å². The van der Waals surface area contributed by atoms with Crippen LogP contribution in [0, 0.1) is 5.92 Å². The van der Waals surface area contributed by atoms with Crippen LogP contribution in [0.2, 0.25) is 0 Å². The van der Waals surface area contributed by atoms with Gasteiger partial charge in [-0.3, -0.25) is 0 Å². The fourth-order valence-electron chi connectivity index (χ4n) is 3.31. The first-order valence-electron chi connectivity index (χ1n) is 7.74. The third-order valence-electron chi connectivity index (χ3n) is 4.85. The van der Waals surface area contributed by atoms with Crippen molar-refractivity contribution in [3.63, 3.8) is 0 Å². The molecule has 2 rings (SSSR count).